The molecule has 5 heteroatoms. The molecule has 1 amide bonds. The van der Waals surface area contributed by atoms with E-state index in [4.69, 9.17) is 0 Å². The molecule has 0 saturated carbocycles. The van der Waals surface area contributed by atoms with Crippen molar-refractivity contribution in [1.29, 1.82) is 0 Å². The number of benzene rings is 1. The molecule has 0 bridgehead atoms. The summed E-state index contributed by atoms with van der Waals surface area (Å²) in [5, 5.41) is 13.1. The molecule has 0 unspecified atom stereocenters. The fraction of sp³-hybridized carbons (Fsp3) is 0. The van der Waals surface area contributed by atoms with E-state index in [0.717, 1.165) is 5.56 Å². The molecule has 2 rings (SSSR count). The number of carbonyl (C=O) groups is 1. The molecule has 0 aliphatic rings. The number of carbonyl (C=O) groups excluding carboxylic acids is 1. The quantitative estimate of drug-likeness (QED) is 0.632. The van der Waals surface area contributed by atoms with E-state index < -0.39 is 0 Å². The number of nitrogens with zero attached hydrogens (tertiary/aromatic N) is 2. The maximum absolute atomic E-state index is 11.6. The number of nitrogens with one attached hydrogen (secondary N) is 1. The topological polar surface area (TPSA) is 74.6 Å². The molecular formula is C13H11N3O2. The van der Waals surface area contributed by atoms with Crippen LogP contribution in [0.4, 0.5) is 0 Å². The van der Waals surface area contributed by atoms with Crippen molar-refractivity contribution in [2.45, 2.75) is 0 Å². The van der Waals surface area contributed by atoms with Crippen molar-refractivity contribution in [3.8, 4) is 5.75 Å². The Hall–Kier alpha value is -2.69. The smallest absolute Gasteiger partial charge is 0.271 e. The highest BCUT2D eigenvalue weighted by molar-refractivity contribution is 5.95. The number of pyridine rings is 1. The Balaban J connectivity index is 1.99. The van der Waals surface area contributed by atoms with Crippen LogP contribution in [0.5, 0.6) is 5.75 Å². The third-order valence-corrected chi connectivity index (χ3v) is 2.19. The summed E-state index contributed by atoms with van der Waals surface area (Å²) in [4.78, 5) is 15.5. The number of rotatable bonds is 3. The van der Waals surface area contributed by atoms with Gasteiger partial charge in [-0.25, -0.2) is 5.43 Å². The molecule has 0 spiro atoms. The van der Waals surface area contributed by atoms with Gasteiger partial charge in [-0.05, 0) is 35.9 Å². The second-order valence-corrected chi connectivity index (χ2v) is 3.53. The van der Waals surface area contributed by atoms with Crippen molar-refractivity contribution < 1.29 is 9.90 Å². The maximum Gasteiger partial charge on any atom is 0.271 e. The van der Waals surface area contributed by atoms with Gasteiger partial charge in [-0.15, -0.1) is 0 Å². The lowest BCUT2D eigenvalue weighted by Gasteiger charge is -2.00. The largest absolute Gasteiger partial charge is 0.508 e. The Morgan fingerprint density at radius 3 is 2.78 bits per heavy atom. The molecular weight excluding hydrogens is 230 g/mol. The van der Waals surface area contributed by atoms with Crippen molar-refractivity contribution in [3.05, 3.63) is 59.9 Å². The van der Waals surface area contributed by atoms with Crippen LogP contribution in [0.25, 0.3) is 0 Å². The fourth-order valence-electron chi connectivity index (χ4n) is 1.33. The van der Waals surface area contributed by atoms with Gasteiger partial charge in [0.25, 0.3) is 5.91 Å². The van der Waals surface area contributed by atoms with Gasteiger partial charge in [0.15, 0.2) is 0 Å². The number of phenols is 1. The zero-order chi connectivity index (χ0) is 12.8. The number of hydrogen-bond acceptors (Lipinski definition) is 4. The molecule has 1 aromatic heterocycles. The minimum absolute atomic E-state index is 0.0424. The van der Waals surface area contributed by atoms with Gasteiger partial charge in [-0.3, -0.25) is 9.78 Å². The van der Waals surface area contributed by atoms with Gasteiger partial charge in [0.2, 0.25) is 0 Å². The minimum Gasteiger partial charge on any atom is -0.508 e. The highest BCUT2D eigenvalue weighted by Crippen LogP contribution is 2.10. The number of phenolic OH excluding ortho intramolecular Hbond substituents is 1. The first-order valence-corrected chi connectivity index (χ1v) is 5.28. The molecule has 0 aliphatic carbocycles. The first-order valence-electron chi connectivity index (χ1n) is 5.28. The predicted molar refractivity (Wildman–Crippen MR) is 67.4 cm³/mol. The lowest BCUT2D eigenvalue weighted by molar-refractivity contribution is 0.0954. The Kier molecular flexibility index (Phi) is 3.66. The summed E-state index contributed by atoms with van der Waals surface area (Å²) in [6.45, 7) is 0. The average molecular weight is 241 g/mol. The molecule has 0 radical (unpaired) electrons. The zero-order valence-corrected chi connectivity index (χ0v) is 9.45. The lowest BCUT2D eigenvalue weighted by Crippen LogP contribution is -2.17. The van der Waals surface area contributed by atoms with Gasteiger partial charge in [0, 0.05) is 18.0 Å². The zero-order valence-electron chi connectivity index (χ0n) is 9.45. The minimum atomic E-state index is -0.379. The first-order chi connectivity index (χ1) is 8.75. The van der Waals surface area contributed by atoms with E-state index in [2.05, 4.69) is 15.5 Å². The van der Waals surface area contributed by atoms with Crippen LogP contribution in [0.1, 0.15) is 15.9 Å². The normalized spacial score (nSPS) is 10.4. The van der Waals surface area contributed by atoms with Crippen LogP contribution in [-0.2, 0) is 0 Å². The average Bonchev–Trinajstić information content (AvgIpc) is 2.40. The summed E-state index contributed by atoms with van der Waals surface area (Å²) in [5.41, 5.74) is 3.56. The number of amides is 1. The van der Waals surface area contributed by atoms with E-state index in [9.17, 15) is 9.90 Å². The molecule has 5 nitrogen and oxygen atoms in total. The molecule has 0 fully saturated rings. The molecule has 90 valence electrons. The Bertz CT molecular complexity index is 567. The number of aromatic hydroxyl groups is 1. The van der Waals surface area contributed by atoms with Crippen molar-refractivity contribution in [2.24, 2.45) is 5.10 Å². The molecule has 0 saturated heterocycles. The third kappa shape index (κ3) is 3.15. The van der Waals surface area contributed by atoms with Gasteiger partial charge in [0.1, 0.15) is 5.75 Å². The van der Waals surface area contributed by atoms with Crippen LogP contribution in [-0.4, -0.2) is 22.2 Å². The maximum atomic E-state index is 11.6. The van der Waals surface area contributed by atoms with Gasteiger partial charge < -0.3 is 5.11 Å². The van der Waals surface area contributed by atoms with Crippen LogP contribution < -0.4 is 5.43 Å². The van der Waals surface area contributed by atoms with Crippen molar-refractivity contribution in [2.75, 3.05) is 0 Å². The molecule has 2 aromatic rings. The van der Waals surface area contributed by atoms with Crippen LogP contribution in [0.2, 0.25) is 0 Å². The van der Waals surface area contributed by atoms with Crippen molar-refractivity contribution >= 4 is 12.1 Å². The Labute approximate surface area is 104 Å². The highest BCUT2D eigenvalue weighted by atomic mass is 16.3. The van der Waals surface area contributed by atoms with Crippen LogP contribution in [0.3, 0.4) is 0 Å². The van der Waals surface area contributed by atoms with Crippen molar-refractivity contribution in [1.82, 2.24) is 10.4 Å². The molecule has 0 atom stereocenters. The van der Waals surface area contributed by atoms with E-state index in [1.54, 1.807) is 36.7 Å². The second-order valence-electron chi connectivity index (χ2n) is 3.53. The molecule has 1 aromatic carbocycles. The standard InChI is InChI=1S/C13H11N3O2/c17-12-3-1-2-11(8-12)13(18)16-15-9-10-4-6-14-7-5-10/h1-9,17H,(H,16,18)/b15-9+. The Morgan fingerprint density at radius 1 is 1.28 bits per heavy atom. The van der Waals surface area contributed by atoms with Gasteiger partial charge in [-0.1, -0.05) is 6.07 Å². The molecule has 2 N–H and O–H groups in total. The van der Waals surface area contributed by atoms with Crippen LogP contribution in [0, 0.1) is 0 Å². The van der Waals surface area contributed by atoms with E-state index in [1.165, 1.54) is 18.3 Å². The molecule has 1 heterocycles. The Morgan fingerprint density at radius 2 is 2.06 bits per heavy atom. The van der Waals surface area contributed by atoms with Crippen molar-refractivity contribution in [3.63, 3.8) is 0 Å². The summed E-state index contributed by atoms with van der Waals surface area (Å²) in [6.07, 6.45) is 4.79. The second kappa shape index (κ2) is 5.58. The first kappa shape index (κ1) is 11.8. The molecule has 0 aliphatic heterocycles. The highest BCUT2D eigenvalue weighted by Gasteiger charge is 2.03. The predicted octanol–water partition coefficient (Wildman–Crippen LogP) is 1.55. The molecule has 18 heavy (non-hydrogen) atoms. The van der Waals surface area contributed by atoms with E-state index in [-0.39, 0.29) is 11.7 Å². The van der Waals surface area contributed by atoms with E-state index in [0.29, 0.717) is 5.56 Å². The number of aromatic nitrogens is 1. The summed E-state index contributed by atoms with van der Waals surface area (Å²) in [6, 6.07) is 9.59. The third-order valence-electron chi connectivity index (χ3n) is 2.19. The van der Waals surface area contributed by atoms with Gasteiger partial charge in [0.05, 0.1) is 6.21 Å². The fourth-order valence-corrected chi connectivity index (χ4v) is 1.33. The SMILES string of the molecule is O=C(N/N=C/c1ccncc1)c1cccc(O)c1. The summed E-state index contributed by atoms with van der Waals surface area (Å²) >= 11 is 0. The number of hydrazone groups is 1. The summed E-state index contributed by atoms with van der Waals surface area (Å²) in [7, 11) is 0. The lowest BCUT2D eigenvalue weighted by atomic mass is 10.2. The summed E-state index contributed by atoms with van der Waals surface area (Å²) in [5.74, 6) is -0.336. The van der Waals surface area contributed by atoms with Crippen LogP contribution >= 0.6 is 0 Å². The number of hydrogen-bond donors (Lipinski definition) is 2. The van der Waals surface area contributed by atoms with E-state index in [1.807, 2.05) is 0 Å². The van der Waals surface area contributed by atoms with Crippen LogP contribution in [0.15, 0.2) is 53.9 Å². The van der Waals surface area contributed by atoms with Gasteiger partial charge in [-0.2, -0.15) is 5.10 Å². The summed E-state index contributed by atoms with van der Waals surface area (Å²) < 4.78 is 0. The van der Waals surface area contributed by atoms with Gasteiger partial charge >= 0.3 is 0 Å². The monoisotopic (exact) mass is 241 g/mol. The van der Waals surface area contributed by atoms with E-state index >= 15 is 0 Å².